The van der Waals surface area contributed by atoms with Crippen molar-refractivity contribution in [2.45, 2.75) is 39.0 Å². The molecule has 0 aromatic heterocycles. The SMILES string of the molecule is CCCCCCC(=O)Oc1ccc(/N=N/c2ccc(N)cc2)cc1. The molecule has 2 rings (SSSR count). The summed E-state index contributed by atoms with van der Waals surface area (Å²) in [4.78, 5) is 11.7. The van der Waals surface area contributed by atoms with Crippen molar-refractivity contribution in [2.75, 3.05) is 5.73 Å². The monoisotopic (exact) mass is 325 g/mol. The second-order valence-electron chi connectivity index (χ2n) is 5.57. The molecule has 0 aliphatic carbocycles. The average molecular weight is 325 g/mol. The van der Waals surface area contributed by atoms with E-state index in [-0.39, 0.29) is 5.97 Å². The molecule has 24 heavy (non-hydrogen) atoms. The standard InChI is InChI=1S/C19H23N3O2/c1-2-3-4-5-6-19(23)24-18-13-11-17(12-14-18)22-21-16-9-7-15(20)8-10-16/h7-14H,2-6,20H2,1H3/b22-21+. The Morgan fingerprint density at radius 1 is 0.917 bits per heavy atom. The zero-order valence-electron chi connectivity index (χ0n) is 13.9. The lowest BCUT2D eigenvalue weighted by atomic mass is 10.1. The summed E-state index contributed by atoms with van der Waals surface area (Å²) < 4.78 is 5.30. The minimum Gasteiger partial charge on any atom is -0.427 e. The van der Waals surface area contributed by atoms with E-state index in [0.717, 1.165) is 31.4 Å². The Balaban J connectivity index is 1.84. The lowest BCUT2D eigenvalue weighted by Crippen LogP contribution is -2.07. The number of hydrogen-bond donors (Lipinski definition) is 1. The Morgan fingerprint density at radius 3 is 2.08 bits per heavy atom. The lowest BCUT2D eigenvalue weighted by molar-refractivity contribution is -0.134. The number of benzene rings is 2. The van der Waals surface area contributed by atoms with Crippen LogP contribution in [0.1, 0.15) is 39.0 Å². The van der Waals surface area contributed by atoms with Gasteiger partial charge in [0.15, 0.2) is 0 Å². The fourth-order valence-electron chi connectivity index (χ4n) is 2.12. The molecule has 0 saturated carbocycles. The molecule has 2 N–H and O–H groups in total. The van der Waals surface area contributed by atoms with Crippen molar-refractivity contribution in [3.8, 4) is 5.75 Å². The van der Waals surface area contributed by atoms with Crippen molar-refractivity contribution >= 4 is 23.0 Å². The quantitative estimate of drug-likeness (QED) is 0.227. The van der Waals surface area contributed by atoms with E-state index in [1.165, 1.54) is 0 Å². The molecule has 0 heterocycles. The summed E-state index contributed by atoms with van der Waals surface area (Å²) in [5.41, 5.74) is 7.73. The molecular formula is C19H23N3O2. The summed E-state index contributed by atoms with van der Waals surface area (Å²) in [7, 11) is 0. The van der Waals surface area contributed by atoms with Crippen LogP contribution in [0.3, 0.4) is 0 Å². The smallest absolute Gasteiger partial charge is 0.311 e. The number of nitrogens with two attached hydrogens (primary N) is 1. The summed E-state index contributed by atoms with van der Waals surface area (Å²) in [6.07, 6.45) is 4.71. The van der Waals surface area contributed by atoms with Crippen molar-refractivity contribution in [3.63, 3.8) is 0 Å². The molecular weight excluding hydrogens is 302 g/mol. The van der Waals surface area contributed by atoms with E-state index in [1.807, 2.05) is 0 Å². The maximum atomic E-state index is 11.7. The van der Waals surface area contributed by atoms with Crippen LogP contribution in [0.25, 0.3) is 0 Å². The fraction of sp³-hybridized carbons (Fsp3) is 0.316. The van der Waals surface area contributed by atoms with Crippen LogP contribution in [0.2, 0.25) is 0 Å². The van der Waals surface area contributed by atoms with Crippen molar-refractivity contribution in [3.05, 3.63) is 48.5 Å². The molecule has 0 fully saturated rings. The van der Waals surface area contributed by atoms with E-state index >= 15 is 0 Å². The largest absolute Gasteiger partial charge is 0.427 e. The number of esters is 1. The molecule has 5 nitrogen and oxygen atoms in total. The van der Waals surface area contributed by atoms with Crippen LogP contribution < -0.4 is 10.5 Å². The average Bonchev–Trinajstić information content (AvgIpc) is 2.59. The molecule has 0 aliphatic rings. The molecule has 0 aliphatic heterocycles. The number of nitrogen functional groups attached to an aromatic ring is 1. The molecule has 0 amide bonds. The molecule has 2 aromatic carbocycles. The van der Waals surface area contributed by atoms with Gasteiger partial charge in [-0.2, -0.15) is 10.2 Å². The number of nitrogens with zero attached hydrogens (tertiary/aromatic N) is 2. The van der Waals surface area contributed by atoms with Gasteiger partial charge in [0, 0.05) is 12.1 Å². The van der Waals surface area contributed by atoms with Crippen molar-refractivity contribution < 1.29 is 9.53 Å². The third kappa shape index (κ3) is 6.20. The highest BCUT2D eigenvalue weighted by atomic mass is 16.5. The molecule has 5 heteroatoms. The third-order valence-electron chi connectivity index (χ3n) is 3.48. The first-order valence-electron chi connectivity index (χ1n) is 8.25. The summed E-state index contributed by atoms with van der Waals surface area (Å²) in [6.45, 7) is 2.14. The van der Waals surface area contributed by atoms with Crippen LogP contribution in [0.15, 0.2) is 58.8 Å². The zero-order valence-corrected chi connectivity index (χ0v) is 13.9. The number of azo groups is 1. The van der Waals surface area contributed by atoms with Crippen LogP contribution in [0.4, 0.5) is 17.1 Å². The van der Waals surface area contributed by atoms with Gasteiger partial charge in [-0.05, 0) is 55.0 Å². The third-order valence-corrected chi connectivity index (χ3v) is 3.48. The highest BCUT2D eigenvalue weighted by Gasteiger charge is 2.04. The van der Waals surface area contributed by atoms with Gasteiger partial charge in [0.05, 0.1) is 11.4 Å². The Kier molecular flexibility index (Phi) is 6.95. The van der Waals surface area contributed by atoms with E-state index in [0.29, 0.717) is 23.5 Å². The van der Waals surface area contributed by atoms with Crippen molar-refractivity contribution in [1.29, 1.82) is 0 Å². The zero-order chi connectivity index (χ0) is 17.2. The van der Waals surface area contributed by atoms with Crippen LogP contribution in [0.5, 0.6) is 5.75 Å². The minimum absolute atomic E-state index is 0.192. The molecule has 0 radical (unpaired) electrons. The molecule has 0 saturated heterocycles. The number of carbonyl (C=O) groups is 1. The number of ether oxygens (including phenoxy) is 1. The van der Waals surface area contributed by atoms with Crippen LogP contribution in [-0.4, -0.2) is 5.97 Å². The van der Waals surface area contributed by atoms with Gasteiger partial charge in [0.2, 0.25) is 0 Å². The summed E-state index contributed by atoms with van der Waals surface area (Å²) in [5, 5.41) is 8.27. The van der Waals surface area contributed by atoms with Crippen LogP contribution in [0, 0.1) is 0 Å². The van der Waals surface area contributed by atoms with Gasteiger partial charge in [0.25, 0.3) is 0 Å². The molecule has 0 bridgehead atoms. The van der Waals surface area contributed by atoms with Gasteiger partial charge in [-0.25, -0.2) is 0 Å². The van der Waals surface area contributed by atoms with Gasteiger partial charge >= 0.3 is 5.97 Å². The second-order valence-corrected chi connectivity index (χ2v) is 5.57. The van der Waals surface area contributed by atoms with E-state index in [9.17, 15) is 4.79 Å². The van der Waals surface area contributed by atoms with Crippen LogP contribution in [-0.2, 0) is 4.79 Å². The molecule has 2 aromatic rings. The van der Waals surface area contributed by atoms with Crippen molar-refractivity contribution in [1.82, 2.24) is 0 Å². The molecule has 0 atom stereocenters. The van der Waals surface area contributed by atoms with E-state index in [2.05, 4.69) is 17.2 Å². The normalized spacial score (nSPS) is 10.9. The Hall–Kier alpha value is -2.69. The van der Waals surface area contributed by atoms with E-state index < -0.39 is 0 Å². The number of hydrogen-bond acceptors (Lipinski definition) is 5. The number of carbonyl (C=O) groups excluding carboxylic acids is 1. The Bertz CT molecular complexity index is 664. The Morgan fingerprint density at radius 2 is 1.50 bits per heavy atom. The van der Waals surface area contributed by atoms with E-state index in [4.69, 9.17) is 10.5 Å². The second kappa shape index (κ2) is 9.45. The first-order chi connectivity index (χ1) is 11.7. The predicted octanol–water partition coefficient (Wildman–Crippen LogP) is 5.56. The van der Waals surface area contributed by atoms with Gasteiger partial charge < -0.3 is 10.5 Å². The summed E-state index contributed by atoms with van der Waals surface area (Å²) in [6, 6.07) is 14.1. The summed E-state index contributed by atoms with van der Waals surface area (Å²) in [5.74, 6) is 0.337. The first-order valence-corrected chi connectivity index (χ1v) is 8.25. The van der Waals surface area contributed by atoms with Gasteiger partial charge in [0.1, 0.15) is 5.75 Å². The van der Waals surface area contributed by atoms with Gasteiger partial charge in [-0.1, -0.05) is 26.2 Å². The topological polar surface area (TPSA) is 77.0 Å². The number of unbranched alkanes of at least 4 members (excludes halogenated alkanes) is 3. The maximum absolute atomic E-state index is 11.7. The number of rotatable bonds is 8. The maximum Gasteiger partial charge on any atom is 0.311 e. The lowest BCUT2D eigenvalue weighted by Gasteiger charge is -2.04. The number of anilines is 1. The molecule has 126 valence electrons. The highest BCUT2D eigenvalue weighted by Crippen LogP contribution is 2.22. The minimum atomic E-state index is -0.192. The Labute approximate surface area is 142 Å². The van der Waals surface area contributed by atoms with Gasteiger partial charge in [-0.15, -0.1) is 0 Å². The highest BCUT2D eigenvalue weighted by molar-refractivity contribution is 5.72. The molecule has 0 spiro atoms. The van der Waals surface area contributed by atoms with Gasteiger partial charge in [-0.3, -0.25) is 4.79 Å². The molecule has 0 unspecified atom stereocenters. The van der Waals surface area contributed by atoms with E-state index in [1.54, 1.807) is 48.5 Å². The van der Waals surface area contributed by atoms with Crippen LogP contribution >= 0.6 is 0 Å². The summed E-state index contributed by atoms with van der Waals surface area (Å²) >= 11 is 0. The fourth-order valence-corrected chi connectivity index (χ4v) is 2.12. The first kappa shape index (κ1) is 17.7. The van der Waals surface area contributed by atoms with Crippen molar-refractivity contribution in [2.24, 2.45) is 10.2 Å². The predicted molar refractivity (Wildman–Crippen MR) is 95.9 cm³/mol.